The van der Waals surface area contributed by atoms with E-state index < -0.39 is 0 Å². The van der Waals surface area contributed by atoms with Gasteiger partial charge in [0.1, 0.15) is 18.0 Å². The average molecular weight is 439 g/mol. The molecule has 0 amide bonds. The van der Waals surface area contributed by atoms with Gasteiger partial charge in [-0.25, -0.2) is 18.4 Å². The van der Waals surface area contributed by atoms with Crippen LogP contribution < -0.4 is 0 Å². The first kappa shape index (κ1) is 16.3. The minimum Gasteiger partial charge on any atom is -0.245 e. The van der Waals surface area contributed by atoms with Gasteiger partial charge in [0.15, 0.2) is 3.83 Å². The van der Waals surface area contributed by atoms with E-state index in [0.29, 0.717) is 15.7 Å². The van der Waals surface area contributed by atoms with Crippen LogP contribution in [0, 0.1) is 15.5 Å². The zero-order valence-corrected chi connectivity index (χ0v) is 15.1. The highest BCUT2D eigenvalue weighted by atomic mass is 127. The third kappa shape index (κ3) is 4.02. The molecule has 2 radical (unpaired) electrons. The predicted molar refractivity (Wildman–Crippen MR) is 93.1 cm³/mol. The molecule has 0 aliphatic carbocycles. The molecule has 23 heavy (non-hydrogen) atoms. The summed E-state index contributed by atoms with van der Waals surface area (Å²) in [5.74, 6) is -0.526. The zero-order chi connectivity index (χ0) is 16.2. The second-order valence-electron chi connectivity index (χ2n) is 4.93. The Morgan fingerprint density at radius 3 is 1.91 bits per heavy atom. The number of halogens is 3. The number of hydrogen-bond donors (Lipinski definition) is 0. The molecule has 0 atom stereocenters. The Kier molecular flexibility index (Phi) is 5.16. The summed E-state index contributed by atoms with van der Waals surface area (Å²) in [6.45, 7) is 0. The van der Waals surface area contributed by atoms with E-state index in [1.807, 2.05) is 4.68 Å². The molecule has 3 rings (SSSR count). The van der Waals surface area contributed by atoms with E-state index in [2.05, 4.69) is 32.7 Å². The van der Waals surface area contributed by atoms with E-state index in [4.69, 9.17) is 0 Å². The van der Waals surface area contributed by atoms with Crippen LogP contribution >= 0.6 is 22.6 Å². The second-order valence-corrected chi connectivity index (χ2v) is 7.19. The number of hydrogen-bond acceptors (Lipinski definition) is 2. The molecule has 0 spiro atoms. The standard InChI is InChI=1S/C16H12F2IN3Si/c17-13-5-1-11(2-6-13)15(12-3-7-14(18)8-4-12)23-10-22-16(19)20-9-21-22/h1-9,15H,10H2. The van der Waals surface area contributed by atoms with Crippen molar-refractivity contribution in [1.82, 2.24) is 14.8 Å². The van der Waals surface area contributed by atoms with Crippen molar-refractivity contribution in [3.8, 4) is 0 Å². The van der Waals surface area contributed by atoms with E-state index >= 15 is 0 Å². The van der Waals surface area contributed by atoms with Gasteiger partial charge in [-0.15, -0.1) is 0 Å². The van der Waals surface area contributed by atoms with Gasteiger partial charge in [-0.1, -0.05) is 24.3 Å². The molecule has 0 fully saturated rings. The molecule has 0 unspecified atom stereocenters. The molecule has 3 nitrogen and oxygen atoms in total. The minimum absolute atomic E-state index is 0.0659. The molecule has 1 aromatic heterocycles. The van der Waals surface area contributed by atoms with Crippen molar-refractivity contribution in [3.63, 3.8) is 0 Å². The smallest absolute Gasteiger partial charge is 0.188 e. The lowest BCUT2D eigenvalue weighted by Crippen LogP contribution is -2.18. The molecule has 0 saturated carbocycles. The first-order chi connectivity index (χ1) is 11.1. The number of aromatic nitrogens is 3. The number of nitrogens with zero attached hydrogens (tertiary/aromatic N) is 3. The van der Waals surface area contributed by atoms with Crippen molar-refractivity contribution >= 4 is 32.1 Å². The predicted octanol–water partition coefficient (Wildman–Crippen LogP) is 3.61. The van der Waals surface area contributed by atoms with Crippen LogP contribution in [0.25, 0.3) is 0 Å². The normalized spacial score (nSPS) is 11.1. The molecule has 2 aromatic carbocycles. The molecule has 0 N–H and O–H groups in total. The van der Waals surface area contributed by atoms with Crippen LogP contribution in [0.3, 0.4) is 0 Å². The Labute approximate surface area is 148 Å². The molecule has 0 bridgehead atoms. The summed E-state index contributed by atoms with van der Waals surface area (Å²) in [5, 5.41) is 4.19. The van der Waals surface area contributed by atoms with Crippen molar-refractivity contribution in [2.75, 3.05) is 0 Å². The third-order valence-electron chi connectivity index (χ3n) is 3.42. The molecular weight excluding hydrogens is 427 g/mol. The quantitative estimate of drug-likeness (QED) is 0.449. The van der Waals surface area contributed by atoms with Gasteiger partial charge in [-0.2, -0.15) is 5.10 Å². The van der Waals surface area contributed by atoms with Gasteiger partial charge in [0.05, 0.1) is 9.52 Å². The lowest BCUT2D eigenvalue weighted by molar-refractivity contribution is 0.626. The van der Waals surface area contributed by atoms with E-state index in [1.54, 1.807) is 24.3 Å². The molecule has 116 valence electrons. The maximum Gasteiger partial charge on any atom is 0.188 e. The Morgan fingerprint density at radius 2 is 1.48 bits per heavy atom. The van der Waals surface area contributed by atoms with Crippen molar-refractivity contribution in [1.29, 1.82) is 0 Å². The van der Waals surface area contributed by atoms with E-state index in [9.17, 15) is 8.78 Å². The Morgan fingerprint density at radius 1 is 0.957 bits per heavy atom. The maximum absolute atomic E-state index is 13.2. The minimum atomic E-state index is -0.263. The molecule has 1 heterocycles. The summed E-state index contributed by atoms with van der Waals surface area (Å²) in [7, 11) is 0.473. The van der Waals surface area contributed by atoms with Gasteiger partial charge in [0.2, 0.25) is 0 Å². The molecule has 0 saturated heterocycles. The first-order valence-electron chi connectivity index (χ1n) is 6.91. The summed E-state index contributed by atoms with van der Waals surface area (Å²) in [6.07, 6.45) is 2.23. The van der Waals surface area contributed by atoms with Crippen molar-refractivity contribution in [3.05, 3.63) is 81.5 Å². The summed E-state index contributed by atoms with van der Waals surface area (Å²) >= 11 is 2.14. The second kappa shape index (κ2) is 7.31. The monoisotopic (exact) mass is 439 g/mol. The van der Waals surface area contributed by atoms with Gasteiger partial charge < -0.3 is 0 Å². The van der Waals surface area contributed by atoms with E-state index in [1.165, 1.54) is 30.6 Å². The van der Waals surface area contributed by atoms with Crippen LogP contribution in [-0.4, -0.2) is 24.3 Å². The number of benzene rings is 2. The zero-order valence-electron chi connectivity index (χ0n) is 12.0. The molecule has 3 aromatic rings. The van der Waals surface area contributed by atoms with Gasteiger partial charge in [-0.05, 0) is 35.4 Å². The van der Waals surface area contributed by atoms with E-state index in [0.717, 1.165) is 15.0 Å². The van der Waals surface area contributed by atoms with Crippen LogP contribution in [0.2, 0.25) is 0 Å². The lowest BCUT2D eigenvalue weighted by atomic mass is 10.0. The fraction of sp³-hybridized carbons (Fsp3) is 0.125. The van der Waals surface area contributed by atoms with Crippen molar-refractivity contribution in [2.24, 2.45) is 0 Å². The van der Waals surface area contributed by atoms with E-state index in [-0.39, 0.29) is 17.2 Å². The topological polar surface area (TPSA) is 30.7 Å². The Bertz CT molecular complexity index is 729. The highest BCUT2D eigenvalue weighted by molar-refractivity contribution is 14.1. The SMILES string of the molecule is Fc1ccc(C([Si]Cn2ncnc2I)c2ccc(F)cc2)cc1. The highest BCUT2D eigenvalue weighted by Crippen LogP contribution is 2.24. The van der Waals surface area contributed by atoms with Gasteiger partial charge >= 0.3 is 0 Å². The molecule has 0 aliphatic rings. The van der Waals surface area contributed by atoms with Crippen LogP contribution in [0.5, 0.6) is 0 Å². The average Bonchev–Trinajstić information content (AvgIpc) is 2.96. The van der Waals surface area contributed by atoms with Gasteiger partial charge in [0.25, 0.3) is 0 Å². The maximum atomic E-state index is 13.2. The molecular formula is C16H12F2IN3Si. The third-order valence-corrected chi connectivity index (χ3v) is 5.81. The fourth-order valence-corrected chi connectivity index (χ4v) is 4.46. The van der Waals surface area contributed by atoms with Crippen LogP contribution in [0.15, 0.2) is 54.9 Å². The van der Waals surface area contributed by atoms with Gasteiger partial charge in [-0.3, -0.25) is 0 Å². The van der Waals surface area contributed by atoms with Crippen LogP contribution in [0.1, 0.15) is 16.7 Å². The van der Waals surface area contributed by atoms with Crippen molar-refractivity contribution < 1.29 is 8.78 Å². The van der Waals surface area contributed by atoms with Crippen LogP contribution in [0.4, 0.5) is 8.78 Å². The molecule has 0 aliphatic heterocycles. The Balaban J connectivity index is 1.88. The summed E-state index contributed by atoms with van der Waals surface area (Å²) in [6, 6.07) is 12.9. The first-order valence-corrected chi connectivity index (χ1v) is 9.27. The Hall–Kier alpha value is -1.61. The lowest BCUT2D eigenvalue weighted by Gasteiger charge is -2.17. The fourth-order valence-electron chi connectivity index (χ4n) is 2.27. The van der Waals surface area contributed by atoms with Gasteiger partial charge in [0, 0.05) is 34.3 Å². The highest BCUT2D eigenvalue weighted by Gasteiger charge is 2.16. The molecule has 7 heteroatoms. The van der Waals surface area contributed by atoms with Crippen molar-refractivity contribution in [2.45, 2.75) is 11.7 Å². The summed E-state index contributed by atoms with van der Waals surface area (Å²) < 4.78 is 29.1. The summed E-state index contributed by atoms with van der Waals surface area (Å²) in [5.41, 5.74) is 2.08. The number of rotatable bonds is 5. The largest absolute Gasteiger partial charge is 0.245 e. The summed E-state index contributed by atoms with van der Waals surface area (Å²) in [4.78, 5) is 4.11. The van der Waals surface area contributed by atoms with Crippen LogP contribution in [-0.2, 0) is 6.17 Å².